The Hall–Kier alpha value is -1.08. The summed E-state index contributed by atoms with van der Waals surface area (Å²) in [6.07, 6.45) is 0.830. The van der Waals surface area contributed by atoms with Crippen LogP contribution in [0.5, 0.6) is 0 Å². The minimum absolute atomic E-state index is 0.0996. The van der Waals surface area contributed by atoms with Crippen LogP contribution < -0.4 is 0 Å². The number of fused-ring (bicyclic) bond motifs is 2. The van der Waals surface area contributed by atoms with Gasteiger partial charge < -0.3 is 9.64 Å². The zero-order valence-electron chi connectivity index (χ0n) is 11.4. The van der Waals surface area contributed by atoms with E-state index in [1.165, 1.54) is 19.2 Å². The smallest absolute Gasteiger partial charge is 0.371 e. The van der Waals surface area contributed by atoms with Crippen molar-refractivity contribution in [3.63, 3.8) is 0 Å². The molecule has 0 spiro atoms. The predicted octanol–water partition coefficient (Wildman–Crippen LogP) is 1.43. The van der Waals surface area contributed by atoms with Gasteiger partial charge in [0.25, 0.3) is 0 Å². The van der Waals surface area contributed by atoms with E-state index >= 15 is 0 Å². The lowest BCUT2D eigenvalue weighted by molar-refractivity contribution is -0.141. The maximum atomic E-state index is 12.1. The van der Waals surface area contributed by atoms with Gasteiger partial charge in [0.1, 0.15) is 0 Å². The summed E-state index contributed by atoms with van der Waals surface area (Å²) < 4.78 is 42.0. The topological polar surface area (TPSA) is 32.8 Å². The van der Waals surface area contributed by atoms with Gasteiger partial charge in [0.15, 0.2) is 0 Å². The van der Waals surface area contributed by atoms with E-state index in [1.54, 1.807) is 4.90 Å². The van der Waals surface area contributed by atoms with Gasteiger partial charge in [-0.1, -0.05) is 6.08 Å². The number of rotatable bonds is 4. The molecule has 2 aliphatic heterocycles. The Labute approximate surface area is 116 Å². The number of ether oxygens (including phenoxy) is 1. The molecule has 0 aromatic heterocycles. The highest BCUT2D eigenvalue weighted by atomic mass is 19.4. The fourth-order valence-electron chi connectivity index (χ4n) is 2.60. The quantitative estimate of drug-likeness (QED) is 0.735. The summed E-state index contributed by atoms with van der Waals surface area (Å²) in [5, 5.41) is 0. The number of nitrogens with zero attached hydrogens (tertiary/aromatic N) is 2. The normalized spacial score (nSPS) is 26.8. The van der Waals surface area contributed by atoms with Gasteiger partial charge in [-0.15, -0.1) is 0 Å². The van der Waals surface area contributed by atoms with Crippen molar-refractivity contribution in [2.24, 2.45) is 0 Å². The van der Waals surface area contributed by atoms with Crippen molar-refractivity contribution in [2.45, 2.75) is 31.2 Å². The molecule has 20 heavy (non-hydrogen) atoms. The standard InChI is InChI=1S/C13H19F3N2O2/c1-17(9-13(14,15)16)6-2-3-12(19)18-7-10-4-5-11(8-18)20-10/h2-3,10-11H,4-9H2,1H3/b3-2+. The van der Waals surface area contributed by atoms with Crippen LogP contribution in [-0.2, 0) is 9.53 Å². The summed E-state index contributed by atoms with van der Waals surface area (Å²) in [6, 6.07) is 0. The number of halogens is 3. The third-order valence-electron chi connectivity index (χ3n) is 3.48. The summed E-state index contributed by atoms with van der Waals surface area (Å²) >= 11 is 0. The number of carbonyl (C=O) groups is 1. The fraction of sp³-hybridized carbons (Fsp3) is 0.769. The zero-order chi connectivity index (χ0) is 14.8. The molecule has 2 heterocycles. The van der Waals surface area contributed by atoms with Crippen LogP contribution in [0.4, 0.5) is 13.2 Å². The van der Waals surface area contributed by atoms with E-state index in [2.05, 4.69) is 0 Å². The lowest BCUT2D eigenvalue weighted by atomic mass is 10.2. The molecular formula is C13H19F3N2O2. The molecule has 7 heteroatoms. The van der Waals surface area contributed by atoms with Gasteiger partial charge in [-0.2, -0.15) is 13.2 Å². The highest BCUT2D eigenvalue weighted by molar-refractivity contribution is 5.87. The highest BCUT2D eigenvalue weighted by Crippen LogP contribution is 2.26. The number of morpholine rings is 1. The van der Waals surface area contributed by atoms with Crippen molar-refractivity contribution < 1.29 is 22.7 Å². The Morgan fingerprint density at radius 1 is 1.35 bits per heavy atom. The van der Waals surface area contributed by atoms with E-state index in [1.807, 2.05) is 0 Å². The average molecular weight is 292 g/mol. The van der Waals surface area contributed by atoms with Gasteiger partial charge in [-0.25, -0.2) is 0 Å². The first-order valence-corrected chi connectivity index (χ1v) is 6.70. The Bertz CT molecular complexity index is 372. The molecular weight excluding hydrogens is 273 g/mol. The second kappa shape index (κ2) is 6.13. The molecule has 2 aliphatic rings. The molecule has 2 atom stereocenters. The molecule has 0 N–H and O–H groups in total. The van der Waals surface area contributed by atoms with Crippen molar-refractivity contribution in [2.75, 3.05) is 33.2 Å². The molecule has 0 aromatic rings. The monoisotopic (exact) mass is 292 g/mol. The molecule has 2 saturated heterocycles. The molecule has 114 valence electrons. The highest BCUT2D eigenvalue weighted by Gasteiger charge is 2.35. The van der Waals surface area contributed by atoms with Gasteiger partial charge in [-0.05, 0) is 19.9 Å². The number of carbonyl (C=O) groups excluding carboxylic acids is 1. The fourth-order valence-corrected chi connectivity index (χ4v) is 2.60. The second-order valence-corrected chi connectivity index (χ2v) is 5.41. The first kappa shape index (κ1) is 15.3. The summed E-state index contributed by atoms with van der Waals surface area (Å²) in [6.45, 7) is 0.284. The number of hydrogen-bond acceptors (Lipinski definition) is 3. The van der Waals surface area contributed by atoms with Crippen LogP contribution in [0.25, 0.3) is 0 Å². The van der Waals surface area contributed by atoms with Crippen LogP contribution >= 0.6 is 0 Å². The van der Waals surface area contributed by atoms with Crippen molar-refractivity contribution in [1.29, 1.82) is 0 Å². The largest absolute Gasteiger partial charge is 0.401 e. The SMILES string of the molecule is CN(C/C=C/C(=O)N1CC2CCC(C1)O2)CC(F)(F)F. The third-order valence-corrected chi connectivity index (χ3v) is 3.48. The molecule has 0 radical (unpaired) electrons. The molecule has 4 nitrogen and oxygen atoms in total. The van der Waals surface area contributed by atoms with Crippen LogP contribution in [0.2, 0.25) is 0 Å². The van der Waals surface area contributed by atoms with Gasteiger partial charge in [0.2, 0.25) is 5.91 Å². The summed E-state index contributed by atoms with van der Waals surface area (Å²) in [7, 11) is 1.37. The number of hydrogen-bond donors (Lipinski definition) is 0. The zero-order valence-corrected chi connectivity index (χ0v) is 11.4. The van der Waals surface area contributed by atoms with Crippen LogP contribution in [0, 0.1) is 0 Å². The second-order valence-electron chi connectivity index (χ2n) is 5.41. The van der Waals surface area contributed by atoms with Crippen molar-refractivity contribution in [3.05, 3.63) is 12.2 Å². The maximum Gasteiger partial charge on any atom is 0.401 e. The van der Waals surface area contributed by atoms with Gasteiger partial charge in [0, 0.05) is 25.7 Å². The summed E-state index contributed by atoms with van der Waals surface area (Å²) in [5.41, 5.74) is 0. The molecule has 2 unspecified atom stereocenters. The molecule has 2 bridgehead atoms. The number of amides is 1. The van der Waals surface area contributed by atoms with Crippen molar-refractivity contribution >= 4 is 5.91 Å². The van der Waals surface area contributed by atoms with Crippen LogP contribution in [0.3, 0.4) is 0 Å². The van der Waals surface area contributed by atoms with E-state index in [0.717, 1.165) is 17.7 Å². The van der Waals surface area contributed by atoms with E-state index < -0.39 is 12.7 Å². The minimum atomic E-state index is -4.21. The van der Waals surface area contributed by atoms with Gasteiger partial charge in [0.05, 0.1) is 18.8 Å². The van der Waals surface area contributed by atoms with E-state index in [9.17, 15) is 18.0 Å². The van der Waals surface area contributed by atoms with E-state index in [4.69, 9.17) is 4.74 Å². The Balaban J connectivity index is 1.75. The van der Waals surface area contributed by atoms with E-state index in [-0.39, 0.29) is 24.7 Å². The van der Waals surface area contributed by atoms with Gasteiger partial charge >= 0.3 is 6.18 Å². The Morgan fingerprint density at radius 3 is 2.50 bits per heavy atom. The molecule has 0 saturated carbocycles. The third kappa shape index (κ3) is 4.49. The lowest BCUT2D eigenvalue weighted by Crippen LogP contribution is -2.45. The van der Waals surface area contributed by atoms with E-state index in [0.29, 0.717) is 13.1 Å². The summed E-state index contributed by atoms with van der Waals surface area (Å²) in [5.74, 6) is -0.148. The average Bonchev–Trinajstić information content (AvgIpc) is 2.65. The van der Waals surface area contributed by atoms with Crippen LogP contribution in [-0.4, -0.2) is 67.3 Å². The maximum absolute atomic E-state index is 12.1. The number of likely N-dealkylation sites (tertiary alicyclic amines) is 1. The van der Waals surface area contributed by atoms with Crippen molar-refractivity contribution in [1.82, 2.24) is 9.80 Å². The number of alkyl halides is 3. The van der Waals surface area contributed by atoms with Crippen molar-refractivity contribution in [3.8, 4) is 0 Å². The number of likely N-dealkylation sites (N-methyl/N-ethyl adjacent to an activating group) is 1. The minimum Gasteiger partial charge on any atom is -0.371 e. The van der Waals surface area contributed by atoms with Crippen LogP contribution in [0.1, 0.15) is 12.8 Å². The molecule has 0 aromatic carbocycles. The van der Waals surface area contributed by atoms with Crippen LogP contribution in [0.15, 0.2) is 12.2 Å². The first-order valence-electron chi connectivity index (χ1n) is 6.70. The first-order chi connectivity index (χ1) is 9.33. The lowest BCUT2D eigenvalue weighted by Gasteiger charge is -2.31. The molecule has 2 rings (SSSR count). The molecule has 1 amide bonds. The van der Waals surface area contributed by atoms with Gasteiger partial charge in [-0.3, -0.25) is 9.69 Å². The Kier molecular flexibility index (Phi) is 4.70. The Morgan fingerprint density at radius 2 is 1.95 bits per heavy atom. The molecule has 2 fully saturated rings. The summed E-state index contributed by atoms with van der Waals surface area (Å²) in [4.78, 5) is 14.8. The predicted molar refractivity (Wildman–Crippen MR) is 67.2 cm³/mol. The molecule has 0 aliphatic carbocycles.